The molecule has 0 aromatic heterocycles. The van der Waals surface area contributed by atoms with Crippen LogP contribution in [0.15, 0.2) is 24.3 Å². The lowest BCUT2D eigenvalue weighted by Gasteiger charge is -2.25. The molecular weight excluding hydrogens is 276 g/mol. The second-order valence-electron chi connectivity index (χ2n) is 5.07. The zero-order chi connectivity index (χ0) is 13.7. The van der Waals surface area contributed by atoms with Gasteiger partial charge in [0.1, 0.15) is 5.75 Å². The van der Waals surface area contributed by atoms with Gasteiger partial charge < -0.3 is 15.4 Å². The lowest BCUT2D eigenvalue weighted by molar-refractivity contribution is -0.121. The second-order valence-corrected chi connectivity index (χ2v) is 5.07. The number of halogens is 1. The number of ether oxygens (including phenoxy) is 1. The van der Waals surface area contributed by atoms with Gasteiger partial charge in [0.25, 0.3) is 0 Å². The van der Waals surface area contributed by atoms with Gasteiger partial charge in [-0.15, -0.1) is 12.4 Å². The molecule has 0 radical (unpaired) electrons. The fourth-order valence-electron chi connectivity index (χ4n) is 2.29. The highest BCUT2D eigenvalue weighted by atomic mass is 35.5. The number of amides is 1. The summed E-state index contributed by atoms with van der Waals surface area (Å²) in [7, 11) is 1.89. The van der Waals surface area contributed by atoms with Gasteiger partial charge in [-0.2, -0.15) is 0 Å². The highest BCUT2D eigenvalue weighted by Crippen LogP contribution is 2.35. The predicted molar refractivity (Wildman–Crippen MR) is 82.7 cm³/mol. The number of hydrogen-bond acceptors (Lipinski definition) is 3. The molecule has 4 nitrogen and oxygen atoms in total. The molecule has 2 atom stereocenters. The molecular formula is C15H23ClN2O2. The van der Waals surface area contributed by atoms with Crippen LogP contribution in [0, 0.1) is 0 Å². The molecule has 0 saturated heterocycles. The molecule has 1 aromatic rings. The summed E-state index contributed by atoms with van der Waals surface area (Å²) < 4.78 is 5.61. The van der Waals surface area contributed by atoms with E-state index in [-0.39, 0.29) is 24.2 Å². The van der Waals surface area contributed by atoms with E-state index in [9.17, 15) is 4.79 Å². The maximum Gasteiger partial charge on any atom is 0.220 e. The molecule has 112 valence electrons. The number of carbonyl (C=O) groups excluding carboxylic acids is 1. The number of para-hydroxylation sites is 1. The van der Waals surface area contributed by atoms with Crippen molar-refractivity contribution in [3.8, 4) is 5.75 Å². The normalized spacial score (nSPS) is 18.2. The molecule has 20 heavy (non-hydrogen) atoms. The molecule has 2 N–H and O–H groups in total. The number of nitrogens with one attached hydrogen (secondary N) is 2. The first-order valence-corrected chi connectivity index (χ1v) is 6.86. The van der Waals surface area contributed by atoms with E-state index in [1.807, 2.05) is 32.2 Å². The van der Waals surface area contributed by atoms with Gasteiger partial charge in [-0.1, -0.05) is 18.2 Å². The maximum absolute atomic E-state index is 12.0. The summed E-state index contributed by atoms with van der Waals surface area (Å²) in [5.74, 6) is 1.31. The molecule has 0 saturated carbocycles. The lowest BCUT2D eigenvalue weighted by Crippen LogP contribution is -2.37. The standard InChI is InChI=1S/C15H22N2O2.ClH/c1-11(16-2)10-17-15(18)9-12-7-8-19-14-6-4-3-5-13(12)14;/h3-6,11-12,16H,7-10H2,1-2H3,(H,17,18);1H. The molecule has 2 unspecified atom stereocenters. The van der Waals surface area contributed by atoms with Crippen LogP contribution in [-0.4, -0.2) is 32.1 Å². The number of benzene rings is 1. The van der Waals surface area contributed by atoms with Crippen molar-refractivity contribution < 1.29 is 9.53 Å². The van der Waals surface area contributed by atoms with E-state index in [4.69, 9.17) is 4.74 Å². The minimum atomic E-state index is 0. The summed E-state index contributed by atoms with van der Waals surface area (Å²) in [6.07, 6.45) is 1.45. The predicted octanol–water partition coefficient (Wildman–Crippen LogP) is 2.09. The number of carbonyl (C=O) groups is 1. The SMILES string of the molecule is CNC(C)CNC(=O)CC1CCOc2ccccc21.Cl. The highest BCUT2D eigenvalue weighted by Gasteiger charge is 2.23. The molecule has 0 fully saturated rings. The second kappa shape index (κ2) is 8.12. The van der Waals surface area contributed by atoms with Crippen LogP contribution in [0.25, 0.3) is 0 Å². The van der Waals surface area contributed by atoms with Crippen LogP contribution in [0.5, 0.6) is 5.75 Å². The monoisotopic (exact) mass is 298 g/mol. The maximum atomic E-state index is 12.0. The smallest absolute Gasteiger partial charge is 0.220 e. The lowest BCUT2D eigenvalue weighted by atomic mass is 9.90. The Morgan fingerprint density at radius 2 is 2.20 bits per heavy atom. The molecule has 1 heterocycles. The van der Waals surface area contributed by atoms with E-state index >= 15 is 0 Å². The zero-order valence-corrected chi connectivity index (χ0v) is 12.8. The average molecular weight is 299 g/mol. The van der Waals surface area contributed by atoms with Gasteiger partial charge in [0.05, 0.1) is 6.61 Å². The van der Waals surface area contributed by atoms with E-state index in [0.717, 1.165) is 17.7 Å². The van der Waals surface area contributed by atoms with Gasteiger partial charge in [-0.3, -0.25) is 4.79 Å². The first-order valence-electron chi connectivity index (χ1n) is 6.86. The van der Waals surface area contributed by atoms with Crippen molar-refractivity contribution >= 4 is 18.3 Å². The van der Waals surface area contributed by atoms with E-state index in [1.54, 1.807) is 0 Å². The van der Waals surface area contributed by atoms with E-state index in [0.29, 0.717) is 25.6 Å². The molecule has 1 amide bonds. The van der Waals surface area contributed by atoms with Gasteiger partial charge in [-0.05, 0) is 37.9 Å². The summed E-state index contributed by atoms with van der Waals surface area (Å²) in [5, 5.41) is 6.07. The molecule has 1 aromatic carbocycles. The third-order valence-electron chi connectivity index (χ3n) is 3.61. The Balaban J connectivity index is 0.00000200. The van der Waals surface area contributed by atoms with Crippen molar-refractivity contribution in [1.29, 1.82) is 0 Å². The van der Waals surface area contributed by atoms with Crippen molar-refractivity contribution in [3.63, 3.8) is 0 Å². The average Bonchev–Trinajstić information content (AvgIpc) is 2.45. The zero-order valence-electron chi connectivity index (χ0n) is 12.0. The van der Waals surface area contributed by atoms with E-state index in [2.05, 4.69) is 16.7 Å². The van der Waals surface area contributed by atoms with Crippen LogP contribution in [0.3, 0.4) is 0 Å². The number of rotatable bonds is 5. The Kier molecular flexibility index (Phi) is 6.82. The Morgan fingerprint density at radius 1 is 1.45 bits per heavy atom. The summed E-state index contributed by atoms with van der Waals surface area (Å²) in [4.78, 5) is 12.0. The Morgan fingerprint density at radius 3 is 2.95 bits per heavy atom. The topological polar surface area (TPSA) is 50.4 Å². The van der Waals surface area contributed by atoms with Gasteiger partial charge >= 0.3 is 0 Å². The number of hydrogen-bond donors (Lipinski definition) is 2. The highest BCUT2D eigenvalue weighted by molar-refractivity contribution is 5.85. The van der Waals surface area contributed by atoms with Crippen molar-refractivity contribution in [2.45, 2.75) is 31.7 Å². The first kappa shape index (κ1) is 16.8. The van der Waals surface area contributed by atoms with Crippen molar-refractivity contribution in [3.05, 3.63) is 29.8 Å². The Bertz CT molecular complexity index is 440. The van der Waals surface area contributed by atoms with Gasteiger partial charge in [0, 0.05) is 19.0 Å². The Labute approximate surface area is 126 Å². The van der Waals surface area contributed by atoms with Crippen molar-refractivity contribution in [2.75, 3.05) is 20.2 Å². The number of fused-ring (bicyclic) bond motifs is 1. The minimum absolute atomic E-state index is 0. The molecule has 0 spiro atoms. The summed E-state index contributed by atoms with van der Waals surface area (Å²) >= 11 is 0. The summed E-state index contributed by atoms with van der Waals surface area (Å²) in [6.45, 7) is 3.41. The number of likely N-dealkylation sites (N-methyl/N-ethyl adjacent to an activating group) is 1. The molecule has 5 heteroatoms. The largest absolute Gasteiger partial charge is 0.493 e. The third kappa shape index (κ3) is 4.39. The third-order valence-corrected chi connectivity index (χ3v) is 3.61. The summed E-state index contributed by atoms with van der Waals surface area (Å²) in [5.41, 5.74) is 1.16. The molecule has 1 aliphatic heterocycles. The minimum Gasteiger partial charge on any atom is -0.493 e. The van der Waals surface area contributed by atoms with Crippen molar-refractivity contribution in [2.24, 2.45) is 0 Å². The molecule has 0 aliphatic carbocycles. The van der Waals surface area contributed by atoms with Crippen LogP contribution >= 0.6 is 12.4 Å². The fraction of sp³-hybridized carbons (Fsp3) is 0.533. The van der Waals surface area contributed by atoms with Crippen LogP contribution in [0.1, 0.15) is 31.2 Å². The first-order chi connectivity index (χ1) is 9.20. The van der Waals surface area contributed by atoms with Crippen LogP contribution in [0.2, 0.25) is 0 Å². The van der Waals surface area contributed by atoms with Crippen LogP contribution < -0.4 is 15.4 Å². The van der Waals surface area contributed by atoms with Gasteiger partial charge in [0.2, 0.25) is 5.91 Å². The Hall–Kier alpha value is -1.26. The molecule has 1 aliphatic rings. The van der Waals surface area contributed by atoms with E-state index in [1.165, 1.54) is 0 Å². The van der Waals surface area contributed by atoms with Gasteiger partial charge in [0.15, 0.2) is 0 Å². The summed E-state index contributed by atoms with van der Waals surface area (Å²) in [6, 6.07) is 8.30. The fourth-order valence-corrected chi connectivity index (χ4v) is 2.29. The van der Waals surface area contributed by atoms with Crippen LogP contribution in [-0.2, 0) is 4.79 Å². The molecule has 2 rings (SSSR count). The quantitative estimate of drug-likeness (QED) is 0.875. The van der Waals surface area contributed by atoms with Gasteiger partial charge in [-0.25, -0.2) is 0 Å². The van der Waals surface area contributed by atoms with Crippen LogP contribution in [0.4, 0.5) is 0 Å². The molecule has 0 bridgehead atoms. The van der Waals surface area contributed by atoms with Crippen molar-refractivity contribution in [1.82, 2.24) is 10.6 Å². The van der Waals surface area contributed by atoms with E-state index < -0.39 is 0 Å².